The molecule has 0 radical (unpaired) electrons. The van der Waals surface area contributed by atoms with Gasteiger partial charge in [-0.3, -0.25) is 24.2 Å². The molecule has 6 heterocycles. The van der Waals surface area contributed by atoms with Crippen LogP contribution in [-0.4, -0.2) is 153 Å². The van der Waals surface area contributed by atoms with E-state index in [-0.39, 0.29) is 24.1 Å². The van der Waals surface area contributed by atoms with Crippen LogP contribution in [0.15, 0.2) is 109 Å². The monoisotopic (exact) mass is 1230 g/mol. The molecule has 2 unspecified atom stereocenters. The number of alkyl halides is 6. The number of nitrogens with one attached hydrogen (secondary N) is 3. The number of nitrogens with zero attached hydrogens (tertiary/aromatic N) is 3. The van der Waals surface area contributed by atoms with Gasteiger partial charge in [-0.1, -0.05) is 36.4 Å². The van der Waals surface area contributed by atoms with Crippen LogP contribution < -0.4 is 5.32 Å². The summed E-state index contributed by atoms with van der Waals surface area (Å²) in [6.45, 7) is 8.26. The van der Waals surface area contributed by atoms with E-state index in [2.05, 4.69) is 86.0 Å². The molecule has 2 atom stereocenters. The molecule has 2 aromatic heterocycles. The van der Waals surface area contributed by atoms with Gasteiger partial charge >= 0.3 is 29.9 Å². The fourth-order valence-corrected chi connectivity index (χ4v) is 12.0. The number of benzene rings is 4. The number of H-pyrrole nitrogens is 2. The number of hydrogen-bond acceptors (Lipinski definition) is 9. The summed E-state index contributed by atoms with van der Waals surface area (Å²) < 4.78 is 119. The van der Waals surface area contributed by atoms with E-state index in [0.29, 0.717) is 49.1 Å². The van der Waals surface area contributed by atoms with Gasteiger partial charge in [0.2, 0.25) is 5.91 Å². The number of carbonyl (C=O) groups excluding carboxylic acids is 3. The first kappa shape index (κ1) is 67.3. The van der Waals surface area contributed by atoms with Crippen molar-refractivity contribution in [2.75, 3.05) is 65.6 Å². The number of fused-ring (bicyclic) bond motifs is 2. The number of amides is 1. The summed E-state index contributed by atoms with van der Waals surface area (Å²) in [6, 6.07) is 23.6. The van der Waals surface area contributed by atoms with Gasteiger partial charge in [-0.05, 0) is 198 Å². The van der Waals surface area contributed by atoms with Crippen molar-refractivity contribution >= 4 is 57.4 Å². The smallest absolute Gasteiger partial charge is 0.458 e. The van der Waals surface area contributed by atoms with Crippen molar-refractivity contribution in [3.05, 3.63) is 155 Å². The molecule has 6 N–H and O–H groups in total. The Labute approximate surface area is 497 Å². The minimum atomic E-state index is -5.77. The van der Waals surface area contributed by atoms with Crippen LogP contribution in [0.2, 0.25) is 0 Å². The Kier molecular flexibility index (Phi) is 24.5. The predicted octanol–water partition coefficient (Wildman–Crippen LogP) is 11.7. The average molecular weight is 1230 g/mol. The molecule has 87 heavy (non-hydrogen) atoms. The molecule has 0 saturated carbocycles. The van der Waals surface area contributed by atoms with E-state index in [1.165, 1.54) is 82.9 Å². The van der Waals surface area contributed by atoms with Crippen molar-refractivity contribution in [2.45, 2.75) is 100 Å². The van der Waals surface area contributed by atoms with Crippen LogP contribution >= 0.6 is 0 Å². The van der Waals surface area contributed by atoms with Gasteiger partial charge in [-0.25, -0.2) is 22.4 Å². The van der Waals surface area contributed by atoms with Gasteiger partial charge in [0.15, 0.2) is 0 Å². The maximum atomic E-state index is 13.4. The first-order valence-electron chi connectivity index (χ1n) is 29.0. The number of halogens is 10. The second kappa shape index (κ2) is 31.6. The van der Waals surface area contributed by atoms with Gasteiger partial charge in [0.05, 0.1) is 13.2 Å². The van der Waals surface area contributed by atoms with Crippen LogP contribution in [0.5, 0.6) is 0 Å². The number of carboxylic acid groups (broad SMARTS) is 1. The number of rotatable bonds is 15. The van der Waals surface area contributed by atoms with Gasteiger partial charge in [0.25, 0.3) is 0 Å². The second-order valence-corrected chi connectivity index (χ2v) is 22.4. The molecule has 23 heteroatoms. The van der Waals surface area contributed by atoms with Crippen molar-refractivity contribution < 1.29 is 78.4 Å². The summed E-state index contributed by atoms with van der Waals surface area (Å²) >= 11 is 0. The zero-order chi connectivity index (χ0) is 62.8. The lowest BCUT2D eigenvalue weighted by Gasteiger charge is -2.39. The van der Waals surface area contributed by atoms with Gasteiger partial charge in [-0.2, -0.15) is 26.3 Å². The molecule has 1 amide bonds. The Morgan fingerprint density at radius 1 is 0.529 bits per heavy atom. The molecule has 470 valence electrons. The SMILES string of the molecule is O=C(/C=C/c1cc(F)cc(F)c1)N1CCC(CC(CO)N2CCC(c3c[nH]c4ccccc34)CC2)CC1.O=C(C(=O)C(F)(F)F)C(F)(F)F.O=C(O)/C=C/c1cc(F)cc(F)c1.OCC(CC1CCNCC1)N1CCC(c2c[nH]c3ccccc23)CC1. The van der Waals surface area contributed by atoms with Crippen LogP contribution in [0.4, 0.5) is 43.9 Å². The van der Waals surface area contributed by atoms with Gasteiger partial charge in [0.1, 0.15) is 23.3 Å². The Morgan fingerprint density at radius 3 is 1.29 bits per heavy atom. The fourth-order valence-electron chi connectivity index (χ4n) is 12.0. The van der Waals surface area contributed by atoms with Crippen LogP contribution in [0.1, 0.15) is 98.3 Å². The maximum Gasteiger partial charge on any atom is 0.458 e. The standard InChI is InChI=1S/C30H35F2N3O2.C21H31N3O.C9H6F2O2.C4F6O2/c31-24-15-22(16-25(32)18-24)5-6-30(37)35-11-7-21(8-12-35)17-26(20-36)34-13-9-23(10-14-34)28-19-33-29-4-2-1-3-27(28)29;25-15-18(13-16-5-9-22-10-6-16)24-11-7-17(8-12-24)20-14-23-21-4-2-1-3-19(20)21;10-7-3-6(1-2-9(12)13)4-8(11)5-7;5-3(6,7)1(11)2(12)4(8,9)10/h1-6,15-16,18-19,21,23,26,33,36H,7-14,17,20H2;1-4,14,16-18,22-23,25H,5-13,15H2;1-5H,(H,12,13);/b6-5+;;2-1+;. The number of aliphatic hydroxyl groups is 2. The number of aliphatic carboxylic acids is 1. The Hall–Kier alpha value is -7.18. The van der Waals surface area contributed by atoms with Crippen molar-refractivity contribution in [1.29, 1.82) is 0 Å². The molecule has 0 bridgehead atoms. The van der Waals surface area contributed by atoms with E-state index < -0.39 is 53.2 Å². The van der Waals surface area contributed by atoms with E-state index in [1.807, 2.05) is 0 Å². The van der Waals surface area contributed by atoms with Crippen LogP contribution in [0.3, 0.4) is 0 Å². The molecule has 4 aliphatic rings. The van der Waals surface area contributed by atoms with Crippen molar-refractivity contribution in [3.8, 4) is 0 Å². The lowest BCUT2D eigenvalue weighted by molar-refractivity contribution is -0.193. The molecule has 4 aliphatic heterocycles. The normalized spacial score (nSPS) is 18.0. The summed E-state index contributed by atoms with van der Waals surface area (Å²) in [7, 11) is 0. The number of ketones is 2. The molecular formula is C64H72F10N6O7. The number of Topliss-reactive ketones (excluding diaryl/α,β-unsaturated/α-hetero) is 2. The number of hydrogen-bond donors (Lipinski definition) is 6. The quantitative estimate of drug-likeness (QED) is 0.0329. The molecular weight excluding hydrogens is 1150 g/mol. The van der Waals surface area contributed by atoms with E-state index >= 15 is 0 Å². The Bertz CT molecular complexity index is 3210. The lowest BCUT2D eigenvalue weighted by Crippen LogP contribution is -2.45. The number of para-hydroxylation sites is 2. The molecule has 4 aromatic carbocycles. The lowest BCUT2D eigenvalue weighted by atomic mass is 9.86. The first-order valence-corrected chi connectivity index (χ1v) is 29.0. The zero-order valence-electron chi connectivity index (χ0n) is 47.7. The number of aromatic nitrogens is 2. The summed E-state index contributed by atoms with van der Waals surface area (Å²) in [5, 5.41) is 34.5. The molecule has 13 nitrogen and oxygen atoms in total. The fraction of sp³-hybridized carbons (Fsp3) is 0.438. The van der Waals surface area contributed by atoms with Gasteiger partial charge < -0.3 is 35.5 Å². The number of piperidine rings is 4. The second-order valence-electron chi connectivity index (χ2n) is 22.4. The van der Waals surface area contributed by atoms with Crippen molar-refractivity contribution in [1.82, 2.24) is 30.0 Å². The summed E-state index contributed by atoms with van der Waals surface area (Å²) in [5.41, 5.74) is 5.84. The topological polar surface area (TPSA) is 182 Å². The third-order valence-electron chi connectivity index (χ3n) is 16.6. The number of carbonyl (C=O) groups is 4. The molecule has 6 aromatic rings. The minimum Gasteiger partial charge on any atom is -0.478 e. The zero-order valence-corrected chi connectivity index (χ0v) is 47.7. The van der Waals surface area contributed by atoms with E-state index in [4.69, 9.17) is 5.11 Å². The Balaban J connectivity index is 0.000000185. The van der Waals surface area contributed by atoms with Gasteiger partial charge in [-0.15, -0.1) is 0 Å². The third kappa shape index (κ3) is 19.9. The van der Waals surface area contributed by atoms with E-state index in [1.54, 1.807) is 4.90 Å². The number of carboxylic acids is 1. The number of aliphatic hydroxyl groups excluding tert-OH is 2. The largest absolute Gasteiger partial charge is 0.478 e. The highest BCUT2D eigenvalue weighted by molar-refractivity contribution is 6.41. The van der Waals surface area contributed by atoms with Crippen molar-refractivity contribution in [2.24, 2.45) is 11.8 Å². The predicted molar refractivity (Wildman–Crippen MR) is 310 cm³/mol. The molecule has 0 spiro atoms. The van der Waals surface area contributed by atoms with Crippen LogP contribution in [-0.2, 0) is 19.2 Å². The summed E-state index contributed by atoms with van der Waals surface area (Å²) in [4.78, 5) is 55.5. The highest BCUT2D eigenvalue weighted by atomic mass is 19.4. The highest BCUT2D eigenvalue weighted by Crippen LogP contribution is 2.37. The summed E-state index contributed by atoms with van der Waals surface area (Å²) in [6.07, 6.45) is 8.63. The minimum absolute atomic E-state index is 0.138. The average Bonchev–Trinajstić information content (AvgIpc) is 2.94. The third-order valence-corrected chi connectivity index (χ3v) is 16.6. The van der Waals surface area contributed by atoms with E-state index in [9.17, 15) is 73.3 Å². The molecule has 4 saturated heterocycles. The number of likely N-dealkylation sites (tertiary alicyclic amines) is 3. The highest BCUT2D eigenvalue weighted by Gasteiger charge is 2.54. The molecule has 4 fully saturated rings. The Morgan fingerprint density at radius 2 is 0.908 bits per heavy atom. The number of aromatic amines is 2. The van der Waals surface area contributed by atoms with Gasteiger partial charge in [0, 0.05) is 83.7 Å². The van der Waals surface area contributed by atoms with E-state index in [0.717, 1.165) is 120 Å². The molecule has 0 aliphatic carbocycles. The maximum absolute atomic E-state index is 13.4. The first-order chi connectivity index (χ1) is 41.5. The molecule has 10 rings (SSSR count). The summed E-state index contributed by atoms with van der Waals surface area (Å²) in [5.74, 6) is -8.46. The van der Waals surface area contributed by atoms with Crippen LogP contribution in [0.25, 0.3) is 34.0 Å². The van der Waals surface area contributed by atoms with Crippen LogP contribution in [0, 0.1) is 35.1 Å². The van der Waals surface area contributed by atoms with Crippen molar-refractivity contribution in [3.63, 3.8) is 0 Å².